The van der Waals surface area contributed by atoms with E-state index in [4.69, 9.17) is 0 Å². The van der Waals surface area contributed by atoms with Gasteiger partial charge < -0.3 is 0 Å². The third kappa shape index (κ3) is 4.59. The van der Waals surface area contributed by atoms with Crippen molar-refractivity contribution < 1.29 is 0 Å². The Morgan fingerprint density at radius 2 is 1.21 bits per heavy atom. The molecule has 3 fully saturated rings. The first-order valence-corrected chi connectivity index (χ1v) is 10.9. The average Bonchev–Trinajstić information content (AvgIpc) is 2.59. The van der Waals surface area contributed by atoms with Crippen molar-refractivity contribution in [3.05, 3.63) is 5.92 Å². The topological polar surface area (TPSA) is 0 Å². The standard InChI is InChI=1S/C24H39/c1-17-5-11-23(12-6-17)24-13-9-21(10-14-24)7-8-22-15-18(2)20(4)19(3)16-22/h17-22,24H,5-6,9-16H2,1-4H3. The maximum atomic E-state index is 3.72. The summed E-state index contributed by atoms with van der Waals surface area (Å²) in [5.74, 6) is 15.3. The largest absolute Gasteiger partial charge is 0.0996 e. The molecule has 0 aliphatic heterocycles. The second-order valence-electron chi connectivity index (χ2n) is 9.66. The highest BCUT2D eigenvalue weighted by Gasteiger charge is 2.31. The molecule has 0 aromatic heterocycles. The Hall–Kier alpha value is -0.440. The first kappa shape index (κ1) is 18.4. The van der Waals surface area contributed by atoms with Crippen LogP contribution in [0.5, 0.6) is 0 Å². The van der Waals surface area contributed by atoms with Crippen LogP contribution in [0, 0.1) is 59.2 Å². The molecule has 1 radical (unpaired) electrons. The van der Waals surface area contributed by atoms with E-state index in [-0.39, 0.29) is 0 Å². The maximum absolute atomic E-state index is 3.72. The molecule has 3 aliphatic rings. The molecular weight excluding hydrogens is 288 g/mol. The van der Waals surface area contributed by atoms with Gasteiger partial charge in [-0.1, -0.05) is 52.4 Å². The average molecular weight is 328 g/mol. The summed E-state index contributed by atoms with van der Waals surface area (Å²) in [4.78, 5) is 0. The van der Waals surface area contributed by atoms with Crippen LogP contribution in [0.1, 0.15) is 91.9 Å². The maximum Gasteiger partial charge on any atom is 0.0208 e. The van der Waals surface area contributed by atoms with Crippen LogP contribution in [0.15, 0.2) is 0 Å². The first-order chi connectivity index (χ1) is 11.5. The fraction of sp³-hybridized carbons (Fsp3) is 0.875. The van der Waals surface area contributed by atoms with Crippen LogP contribution in [-0.4, -0.2) is 0 Å². The van der Waals surface area contributed by atoms with Crippen LogP contribution in [0.3, 0.4) is 0 Å². The number of rotatable bonds is 1. The number of hydrogen-bond acceptors (Lipinski definition) is 0. The van der Waals surface area contributed by atoms with Crippen molar-refractivity contribution in [1.29, 1.82) is 0 Å². The minimum Gasteiger partial charge on any atom is -0.0996 e. The lowest BCUT2D eigenvalue weighted by Crippen LogP contribution is -2.27. The zero-order valence-electron chi connectivity index (χ0n) is 16.6. The zero-order chi connectivity index (χ0) is 17.1. The van der Waals surface area contributed by atoms with Gasteiger partial charge in [-0.05, 0) is 86.9 Å². The Bertz CT molecular complexity index is 424. The normalized spacial score (nSPS) is 42.3. The molecule has 2 unspecified atom stereocenters. The zero-order valence-corrected chi connectivity index (χ0v) is 16.6. The number of hydrogen-bond donors (Lipinski definition) is 0. The molecule has 0 heterocycles. The Morgan fingerprint density at radius 3 is 1.79 bits per heavy atom. The molecule has 0 aromatic carbocycles. The van der Waals surface area contributed by atoms with Gasteiger partial charge in [0.2, 0.25) is 0 Å². The fourth-order valence-corrected chi connectivity index (χ4v) is 5.52. The molecule has 3 saturated carbocycles. The summed E-state index contributed by atoms with van der Waals surface area (Å²) >= 11 is 0. The van der Waals surface area contributed by atoms with E-state index in [9.17, 15) is 0 Å². The van der Waals surface area contributed by atoms with Crippen molar-refractivity contribution in [2.24, 2.45) is 41.4 Å². The van der Waals surface area contributed by atoms with E-state index < -0.39 is 0 Å². The van der Waals surface area contributed by atoms with Crippen LogP contribution < -0.4 is 0 Å². The van der Waals surface area contributed by atoms with E-state index in [0.717, 1.165) is 29.6 Å². The monoisotopic (exact) mass is 327 g/mol. The lowest BCUT2D eigenvalue weighted by atomic mass is 9.69. The fourth-order valence-electron chi connectivity index (χ4n) is 5.52. The third-order valence-corrected chi connectivity index (χ3v) is 7.82. The van der Waals surface area contributed by atoms with Crippen molar-refractivity contribution in [3.8, 4) is 11.8 Å². The minimum atomic E-state index is 0.679. The highest BCUT2D eigenvalue weighted by atomic mass is 14.4. The molecule has 24 heavy (non-hydrogen) atoms. The molecule has 0 N–H and O–H groups in total. The highest BCUT2D eigenvalue weighted by Crippen LogP contribution is 2.42. The van der Waals surface area contributed by atoms with E-state index in [2.05, 4.69) is 39.5 Å². The molecule has 0 aromatic rings. The predicted molar refractivity (Wildman–Crippen MR) is 104 cm³/mol. The van der Waals surface area contributed by atoms with Gasteiger partial charge in [0.1, 0.15) is 0 Å². The van der Waals surface area contributed by atoms with Crippen LogP contribution in [0.4, 0.5) is 0 Å². The summed E-state index contributed by atoms with van der Waals surface area (Å²) in [5, 5.41) is 0. The Morgan fingerprint density at radius 1 is 0.667 bits per heavy atom. The van der Waals surface area contributed by atoms with Crippen molar-refractivity contribution >= 4 is 0 Å². The second kappa shape index (κ2) is 8.29. The van der Waals surface area contributed by atoms with E-state index in [1.807, 2.05) is 5.92 Å². The lowest BCUT2D eigenvalue weighted by molar-refractivity contribution is 0.168. The smallest absolute Gasteiger partial charge is 0.0208 e. The Kier molecular flexibility index (Phi) is 6.34. The van der Waals surface area contributed by atoms with E-state index in [1.165, 1.54) is 64.2 Å². The Labute approximate surface area is 151 Å². The molecule has 3 rings (SSSR count). The lowest BCUT2D eigenvalue weighted by Gasteiger charge is -2.36. The van der Waals surface area contributed by atoms with Crippen molar-refractivity contribution in [2.75, 3.05) is 0 Å². The quantitative estimate of drug-likeness (QED) is 0.459. The molecule has 0 spiro atoms. The van der Waals surface area contributed by atoms with Crippen molar-refractivity contribution in [3.63, 3.8) is 0 Å². The van der Waals surface area contributed by atoms with Crippen LogP contribution >= 0.6 is 0 Å². The van der Waals surface area contributed by atoms with Gasteiger partial charge in [-0.3, -0.25) is 0 Å². The Balaban J connectivity index is 1.44. The van der Waals surface area contributed by atoms with E-state index in [0.29, 0.717) is 11.8 Å². The molecule has 2 atom stereocenters. The SMILES string of the molecule is CC1CC[C](C2CCC(C#CC3CC(C)C(C)C(C)C3)CC2)CC1. The molecule has 0 bridgehead atoms. The van der Waals surface area contributed by atoms with Gasteiger partial charge in [0.25, 0.3) is 0 Å². The summed E-state index contributed by atoms with van der Waals surface area (Å²) in [6, 6.07) is 0. The van der Waals surface area contributed by atoms with Gasteiger partial charge in [0, 0.05) is 11.8 Å². The van der Waals surface area contributed by atoms with E-state index in [1.54, 1.807) is 0 Å². The van der Waals surface area contributed by atoms with Crippen LogP contribution in [0.2, 0.25) is 0 Å². The summed E-state index contributed by atoms with van der Waals surface area (Å²) in [7, 11) is 0. The van der Waals surface area contributed by atoms with Gasteiger partial charge in [-0.15, -0.1) is 0 Å². The summed E-state index contributed by atoms with van der Waals surface area (Å²) < 4.78 is 0. The van der Waals surface area contributed by atoms with Gasteiger partial charge >= 0.3 is 0 Å². The molecule has 135 valence electrons. The van der Waals surface area contributed by atoms with Gasteiger partial charge in [0.05, 0.1) is 0 Å². The third-order valence-electron chi connectivity index (χ3n) is 7.82. The second-order valence-corrected chi connectivity index (χ2v) is 9.66. The molecule has 0 amide bonds. The molecule has 0 saturated heterocycles. The van der Waals surface area contributed by atoms with Crippen LogP contribution in [0.25, 0.3) is 0 Å². The van der Waals surface area contributed by atoms with Gasteiger partial charge in [-0.2, -0.15) is 0 Å². The molecule has 0 heteroatoms. The predicted octanol–water partition coefficient (Wildman–Crippen LogP) is 6.90. The van der Waals surface area contributed by atoms with Gasteiger partial charge in [-0.25, -0.2) is 0 Å². The molecule has 0 nitrogen and oxygen atoms in total. The molecule has 3 aliphatic carbocycles. The summed E-state index contributed by atoms with van der Waals surface area (Å²) in [6.45, 7) is 9.73. The minimum absolute atomic E-state index is 0.679. The van der Waals surface area contributed by atoms with E-state index >= 15 is 0 Å². The van der Waals surface area contributed by atoms with Crippen molar-refractivity contribution in [2.45, 2.75) is 91.9 Å². The van der Waals surface area contributed by atoms with Crippen LogP contribution in [-0.2, 0) is 0 Å². The highest BCUT2D eigenvalue weighted by molar-refractivity contribution is 5.11. The van der Waals surface area contributed by atoms with Gasteiger partial charge in [0.15, 0.2) is 0 Å². The molecular formula is C24H39. The first-order valence-electron chi connectivity index (χ1n) is 10.9. The summed E-state index contributed by atoms with van der Waals surface area (Å²) in [6.07, 6.45) is 14.0. The summed E-state index contributed by atoms with van der Waals surface area (Å²) in [5.41, 5.74) is 0. The van der Waals surface area contributed by atoms with Crippen molar-refractivity contribution in [1.82, 2.24) is 0 Å².